The Kier molecular flexibility index (Phi) is 26.6. The molecule has 6 heterocycles. The van der Waals surface area contributed by atoms with Crippen LogP contribution in [0.1, 0.15) is 127 Å². The quantitative estimate of drug-likeness (QED) is 0.0619. The number of aromatic nitrogens is 5. The number of nitrogens with zero attached hydrogens (tertiary/aromatic N) is 6. The number of nitrogens with two attached hydrogens (primary N) is 1. The van der Waals surface area contributed by atoms with Crippen LogP contribution >= 0.6 is 63.7 Å². The van der Waals surface area contributed by atoms with Gasteiger partial charge in [0, 0.05) is 54.3 Å². The molecule has 0 bridgehead atoms. The third kappa shape index (κ3) is 24.1. The maximum absolute atomic E-state index is 13.0. The third-order valence-electron chi connectivity index (χ3n) is 10.3. The second-order valence-electron chi connectivity index (χ2n) is 19.2. The maximum Gasteiger partial charge on any atom is 0.496 e. The van der Waals surface area contributed by atoms with Crippen molar-refractivity contribution in [3.8, 4) is 0 Å². The molecule has 1 aliphatic heterocycles. The lowest BCUT2D eigenvalue weighted by Crippen LogP contribution is -2.41. The molecule has 0 radical (unpaired) electrons. The molecule has 1 fully saturated rings. The van der Waals surface area contributed by atoms with Crippen LogP contribution in [0.15, 0.2) is 114 Å². The van der Waals surface area contributed by atoms with Crippen LogP contribution in [0.5, 0.6) is 0 Å². The Hall–Kier alpha value is -3.42. The zero-order chi connectivity index (χ0) is 59.1. The minimum absolute atomic E-state index is 0.0113. The zero-order valence-electron chi connectivity index (χ0n) is 43.2. The molecule has 1 aliphatic rings. The van der Waals surface area contributed by atoms with Gasteiger partial charge in [-0.25, -0.2) is 13.1 Å². The molecule has 0 spiro atoms. The number of aldehydes is 1. The number of hydrogen-bond donors (Lipinski definition) is 2. The first-order valence-electron chi connectivity index (χ1n) is 22.4. The van der Waals surface area contributed by atoms with Gasteiger partial charge in [-0.1, -0.05) is 6.07 Å². The highest BCUT2D eigenvalue weighted by atomic mass is 79.9. The van der Waals surface area contributed by atoms with Crippen LogP contribution in [0.25, 0.3) is 0 Å². The molecular weight excluding hydrogens is 1330 g/mol. The van der Waals surface area contributed by atoms with E-state index in [0.29, 0.717) is 32.1 Å². The van der Waals surface area contributed by atoms with Gasteiger partial charge in [0.1, 0.15) is 22.7 Å². The topological polar surface area (TPSA) is 185 Å². The largest absolute Gasteiger partial charge is 0.496 e. The molecule has 5 aromatic rings. The average molecular weight is 1390 g/mol. The summed E-state index contributed by atoms with van der Waals surface area (Å²) in [6.45, 7) is 19.2. The van der Waals surface area contributed by atoms with E-state index < -0.39 is 81.6 Å². The molecule has 77 heavy (non-hydrogen) atoms. The first kappa shape index (κ1) is 69.7. The monoisotopic (exact) mass is 1390 g/mol. The molecule has 0 aliphatic carbocycles. The summed E-state index contributed by atoms with van der Waals surface area (Å²) in [7, 11) is -3.68. The highest BCUT2D eigenvalue weighted by Gasteiger charge is 2.52. The van der Waals surface area contributed by atoms with E-state index in [-0.39, 0.29) is 21.8 Å². The first-order valence-corrected chi connectivity index (χ1v) is 27.8. The van der Waals surface area contributed by atoms with Crippen molar-refractivity contribution in [1.82, 2.24) is 29.6 Å². The fourth-order valence-corrected chi connectivity index (χ4v) is 7.30. The Bertz CT molecular complexity index is 2690. The predicted octanol–water partition coefficient (Wildman–Crippen LogP) is 13.3. The molecule has 5 aromatic heterocycles. The van der Waals surface area contributed by atoms with E-state index in [9.17, 15) is 52.7 Å². The lowest BCUT2D eigenvalue weighted by molar-refractivity contribution is -0.153. The molecule has 0 amide bonds. The summed E-state index contributed by atoms with van der Waals surface area (Å²) in [6, 6.07) is 11.4. The van der Waals surface area contributed by atoms with Crippen molar-refractivity contribution in [3.05, 3.63) is 138 Å². The minimum Gasteiger partial charge on any atom is -0.399 e. The van der Waals surface area contributed by atoms with Crippen molar-refractivity contribution >= 4 is 111 Å². The molecular formula is C48H56BBr4F9N8O5S2. The molecule has 29 heteroatoms. The molecule has 3 N–H and O–H groups in total. The Balaban J connectivity index is 0.000000337. The highest BCUT2D eigenvalue weighted by molar-refractivity contribution is 9.11. The summed E-state index contributed by atoms with van der Waals surface area (Å²) in [4.78, 5) is 29.1. The van der Waals surface area contributed by atoms with Gasteiger partial charge in [0.25, 0.3) is 0 Å². The van der Waals surface area contributed by atoms with Gasteiger partial charge in [0.05, 0.1) is 66.6 Å². The van der Waals surface area contributed by atoms with E-state index in [1.165, 1.54) is 55.1 Å². The van der Waals surface area contributed by atoms with E-state index in [4.69, 9.17) is 15.0 Å². The smallest absolute Gasteiger partial charge is 0.399 e. The number of pyridine rings is 5. The highest BCUT2D eigenvalue weighted by Crippen LogP contribution is 2.38. The van der Waals surface area contributed by atoms with Gasteiger partial charge in [0.2, 0.25) is 0 Å². The van der Waals surface area contributed by atoms with Crippen LogP contribution in [0.3, 0.4) is 0 Å². The minimum atomic E-state index is -4.57. The molecule has 13 nitrogen and oxygen atoms in total. The fourth-order valence-electron chi connectivity index (χ4n) is 5.02. The molecule has 0 saturated carbocycles. The molecule has 5 unspecified atom stereocenters. The van der Waals surface area contributed by atoms with E-state index in [2.05, 4.69) is 97.8 Å². The van der Waals surface area contributed by atoms with Crippen molar-refractivity contribution in [2.24, 2.45) is 10.1 Å². The van der Waals surface area contributed by atoms with E-state index >= 15 is 0 Å². The van der Waals surface area contributed by atoms with Crippen LogP contribution in [-0.2, 0) is 31.3 Å². The van der Waals surface area contributed by atoms with Crippen molar-refractivity contribution in [2.75, 3.05) is 0 Å². The van der Waals surface area contributed by atoms with Gasteiger partial charge in [-0.2, -0.15) is 43.9 Å². The Morgan fingerprint density at radius 3 is 1.35 bits per heavy atom. The number of hydrogen-bond acceptors (Lipinski definition) is 11. The molecule has 6 rings (SSSR count). The van der Waals surface area contributed by atoms with Crippen LogP contribution in [0.2, 0.25) is 0 Å². The zero-order valence-corrected chi connectivity index (χ0v) is 51.1. The molecule has 0 aromatic carbocycles. The SMILES string of the molecule is CC(C)(C)S(=O)N=Cc1ccc(Br)cn1.CC(C)(C)S(=O)NC(c1ccc(Br)cn1)C(F)(F)F.CC(c1ccc(B2OC(C)(C)C(C)(C)O2)cn1)C(F)(F)F.NC(c1ccc(Br)cn1)C(F)(F)F.O=Cc1ccc(Br)cn1. The van der Waals surface area contributed by atoms with E-state index in [1.807, 2.05) is 60.6 Å². The van der Waals surface area contributed by atoms with Crippen molar-refractivity contribution < 1.29 is 62.0 Å². The standard InChI is InChI=1S/C14H19BF3NO2.C11H14BrF3N2OS.C10H13BrN2OS.C7H6BrF3N2.C6H4BrNO/c1-9(14(16,17)18)11-7-6-10(8-19-11)15-20-12(2,3)13(4,5)21-15;1-10(2,3)19(18)17-9(11(13,14)15)8-5-4-7(12)6-16-8;1-10(2,3)15(14)13-7-9-5-4-8(11)6-12-9;8-4-1-2-5(13-3-4)6(12)7(9,10)11;7-5-1-2-6(4-9)8-3-5/h6-9H,1-5H3;4-6,9,17H,1-3H3;4-7H,1-3H3;1-3,6H,12H2;1-4H. The molecule has 5 atom stereocenters. The lowest BCUT2D eigenvalue weighted by atomic mass is 9.80. The summed E-state index contributed by atoms with van der Waals surface area (Å²) < 4.78 is 156. The summed E-state index contributed by atoms with van der Waals surface area (Å²) in [5, 5.41) is 0. The van der Waals surface area contributed by atoms with Gasteiger partial charge in [-0.15, -0.1) is 0 Å². The number of nitrogens with one attached hydrogen (secondary N) is 1. The Morgan fingerprint density at radius 1 is 0.597 bits per heavy atom. The van der Waals surface area contributed by atoms with Crippen molar-refractivity contribution in [3.63, 3.8) is 0 Å². The van der Waals surface area contributed by atoms with Gasteiger partial charge in [-0.3, -0.25) is 29.7 Å². The van der Waals surface area contributed by atoms with E-state index in [1.54, 1.807) is 51.4 Å². The number of alkyl halides is 9. The van der Waals surface area contributed by atoms with Crippen LogP contribution in [-0.4, -0.2) is 92.2 Å². The fraction of sp³-hybridized carbons (Fsp3) is 0.438. The van der Waals surface area contributed by atoms with Crippen molar-refractivity contribution in [2.45, 2.75) is 133 Å². The van der Waals surface area contributed by atoms with Gasteiger partial charge in [0.15, 0.2) is 12.3 Å². The second-order valence-corrected chi connectivity index (χ2v) is 26.8. The number of carbonyl (C=O) groups excluding carboxylic acids is 1. The van der Waals surface area contributed by atoms with Gasteiger partial charge < -0.3 is 15.0 Å². The molecule has 424 valence electrons. The van der Waals surface area contributed by atoms with Crippen LogP contribution in [0, 0.1) is 0 Å². The number of rotatable bonds is 9. The molecule has 1 saturated heterocycles. The van der Waals surface area contributed by atoms with Crippen LogP contribution < -0.4 is 15.9 Å². The Labute approximate surface area is 480 Å². The Morgan fingerprint density at radius 2 is 1.01 bits per heavy atom. The second kappa shape index (κ2) is 29.3. The predicted molar refractivity (Wildman–Crippen MR) is 296 cm³/mol. The maximum atomic E-state index is 13.0. The normalized spacial score (nSPS) is 16.4. The summed E-state index contributed by atoms with van der Waals surface area (Å²) in [5.41, 5.74) is 5.31. The van der Waals surface area contributed by atoms with Crippen molar-refractivity contribution in [1.29, 1.82) is 0 Å². The van der Waals surface area contributed by atoms with Gasteiger partial charge >= 0.3 is 25.6 Å². The summed E-state index contributed by atoms with van der Waals surface area (Å²) >= 11 is 12.7. The average Bonchev–Trinajstić information content (AvgIpc) is 3.55. The van der Waals surface area contributed by atoms with Gasteiger partial charge in [-0.05, 0) is 194 Å². The lowest BCUT2D eigenvalue weighted by Gasteiger charge is -2.32. The third-order valence-corrected chi connectivity index (χ3v) is 15.1. The number of carbonyl (C=O) groups is 1. The van der Waals surface area contributed by atoms with Crippen LogP contribution in [0.4, 0.5) is 39.5 Å². The van der Waals surface area contributed by atoms with E-state index in [0.717, 1.165) is 15.9 Å². The first-order chi connectivity index (χ1) is 35.1. The number of halogens is 13. The summed E-state index contributed by atoms with van der Waals surface area (Å²) in [6.07, 6.45) is -3.84. The summed E-state index contributed by atoms with van der Waals surface area (Å²) in [5.74, 6) is -1.59.